The number of unbranched alkanes of at least 4 members (excludes halogenated alkanes) is 13. The van der Waals surface area contributed by atoms with Gasteiger partial charge in [0.05, 0.1) is 18.0 Å². The van der Waals surface area contributed by atoms with Gasteiger partial charge in [-0.25, -0.2) is 4.21 Å². The Balaban J connectivity index is 0. The first-order valence-corrected chi connectivity index (χ1v) is 9.50. The first-order chi connectivity index (χ1) is 9.77. The summed E-state index contributed by atoms with van der Waals surface area (Å²) < 4.78 is 24.7. The molecule has 0 aromatic carbocycles. The van der Waals surface area contributed by atoms with Gasteiger partial charge in [0.2, 0.25) is 0 Å². The van der Waals surface area contributed by atoms with E-state index in [2.05, 4.69) is 11.1 Å². The van der Waals surface area contributed by atoms with Gasteiger partial charge in [-0.05, 0) is 6.42 Å². The van der Waals surface area contributed by atoms with Gasteiger partial charge in [0, 0.05) is 0 Å². The Kier molecular flexibility index (Phi) is 24.4. The van der Waals surface area contributed by atoms with Crippen molar-refractivity contribution in [3.63, 3.8) is 0 Å². The third-order valence-corrected chi connectivity index (χ3v) is 4.04. The Labute approximate surface area is 156 Å². The summed E-state index contributed by atoms with van der Waals surface area (Å²) in [5, 5.41) is 0. The molecule has 0 heterocycles. The fraction of sp³-hybridized carbons (Fsp3) is 1.00. The van der Waals surface area contributed by atoms with Crippen molar-refractivity contribution >= 4 is 11.4 Å². The van der Waals surface area contributed by atoms with E-state index in [4.69, 9.17) is 0 Å². The molecular formula is C16H33NaO3S. The van der Waals surface area contributed by atoms with Crippen LogP contribution in [0, 0.1) is 0 Å². The molecule has 0 saturated heterocycles. The van der Waals surface area contributed by atoms with Crippen molar-refractivity contribution < 1.29 is 42.5 Å². The Morgan fingerprint density at radius 3 is 1.38 bits per heavy atom. The molecule has 0 bridgehead atoms. The van der Waals surface area contributed by atoms with Crippen LogP contribution >= 0.6 is 0 Å². The third-order valence-electron chi connectivity index (χ3n) is 3.68. The Morgan fingerprint density at radius 2 is 1.05 bits per heavy atom. The minimum Gasteiger partial charge on any atom is -0.750 e. The van der Waals surface area contributed by atoms with Gasteiger partial charge in [0.1, 0.15) is 0 Å². The maximum Gasteiger partial charge on any atom is 1.00 e. The fourth-order valence-electron chi connectivity index (χ4n) is 2.42. The molecule has 0 saturated carbocycles. The summed E-state index contributed by atoms with van der Waals surface area (Å²) in [5.41, 5.74) is 0. The summed E-state index contributed by atoms with van der Waals surface area (Å²) in [5.74, 6) is 0. The maximum atomic E-state index is 10.1. The van der Waals surface area contributed by atoms with E-state index in [0.717, 1.165) is 12.8 Å². The van der Waals surface area contributed by atoms with Gasteiger partial charge in [-0.2, -0.15) is 0 Å². The second-order valence-corrected chi connectivity index (χ2v) is 6.27. The van der Waals surface area contributed by atoms with Gasteiger partial charge in [0.25, 0.3) is 0 Å². The summed E-state index contributed by atoms with van der Waals surface area (Å²) in [6.07, 6.45) is 18.3. The molecule has 0 rings (SSSR count). The van der Waals surface area contributed by atoms with Gasteiger partial charge in [-0.1, -0.05) is 90.4 Å². The van der Waals surface area contributed by atoms with E-state index in [1.165, 1.54) is 77.0 Å². The number of rotatable bonds is 16. The fourth-order valence-corrected chi connectivity index (χ4v) is 2.68. The molecule has 0 spiro atoms. The molecule has 0 amide bonds. The topological polar surface area (TPSA) is 49.4 Å². The third kappa shape index (κ3) is 23.5. The van der Waals surface area contributed by atoms with Crippen LogP contribution in [0.2, 0.25) is 0 Å². The number of hydrogen-bond donors (Lipinski definition) is 0. The second-order valence-electron chi connectivity index (χ2n) is 5.62. The van der Waals surface area contributed by atoms with E-state index in [-0.39, 0.29) is 29.6 Å². The molecule has 3 nitrogen and oxygen atoms in total. The molecular weight excluding hydrogens is 295 g/mol. The molecule has 1 unspecified atom stereocenters. The van der Waals surface area contributed by atoms with Crippen molar-refractivity contribution in [2.45, 2.75) is 96.8 Å². The zero-order valence-electron chi connectivity index (χ0n) is 14.2. The Hall–Kier alpha value is 1.07. The van der Waals surface area contributed by atoms with Crippen molar-refractivity contribution in [3.8, 4) is 0 Å². The Morgan fingerprint density at radius 1 is 0.714 bits per heavy atom. The summed E-state index contributed by atoms with van der Waals surface area (Å²) in [6.45, 7) is 2.60. The van der Waals surface area contributed by atoms with Crippen molar-refractivity contribution in [1.29, 1.82) is 0 Å². The normalized spacial score (nSPS) is 12.1. The van der Waals surface area contributed by atoms with Crippen LogP contribution in [-0.4, -0.2) is 15.4 Å². The van der Waals surface area contributed by atoms with Crippen LogP contribution in [0.5, 0.6) is 0 Å². The molecule has 0 fully saturated rings. The molecule has 0 aliphatic rings. The van der Waals surface area contributed by atoms with E-state index < -0.39 is 11.4 Å². The van der Waals surface area contributed by atoms with Gasteiger partial charge >= 0.3 is 29.6 Å². The van der Waals surface area contributed by atoms with E-state index >= 15 is 0 Å². The summed E-state index contributed by atoms with van der Waals surface area (Å²) in [7, 11) is 0. The van der Waals surface area contributed by atoms with E-state index in [1.807, 2.05) is 0 Å². The molecule has 0 aliphatic carbocycles. The van der Waals surface area contributed by atoms with Crippen LogP contribution in [-0.2, 0) is 15.5 Å². The van der Waals surface area contributed by atoms with Crippen LogP contribution in [0.25, 0.3) is 0 Å². The zero-order valence-corrected chi connectivity index (χ0v) is 17.1. The van der Waals surface area contributed by atoms with Crippen LogP contribution < -0.4 is 29.6 Å². The summed E-state index contributed by atoms with van der Waals surface area (Å²) in [6, 6.07) is 0. The van der Waals surface area contributed by atoms with Gasteiger partial charge < -0.3 is 8.74 Å². The molecule has 122 valence electrons. The first kappa shape index (κ1) is 24.3. The van der Waals surface area contributed by atoms with Crippen molar-refractivity contribution in [2.24, 2.45) is 0 Å². The smallest absolute Gasteiger partial charge is 0.750 e. The molecule has 0 aliphatic heterocycles. The average Bonchev–Trinajstić information content (AvgIpc) is 2.43. The predicted octanol–water partition coefficient (Wildman–Crippen LogP) is 2.28. The molecule has 0 N–H and O–H groups in total. The van der Waals surface area contributed by atoms with Gasteiger partial charge in [-0.15, -0.1) is 0 Å². The standard InChI is InChI=1S/C16H34O3S.Na/c1-2-3-4-5-6-7-8-9-10-11-12-13-14-15-16-19-20(17)18;/h2-16H2,1H3,(H,17,18);/q;+1/p-1. The molecule has 21 heavy (non-hydrogen) atoms. The summed E-state index contributed by atoms with van der Waals surface area (Å²) >= 11 is -2.33. The molecule has 0 aromatic rings. The second kappa shape index (κ2) is 21.1. The quantitative estimate of drug-likeness (QED) is 0.248. The van der Waals surface area contributed by atoms with Crippen molar-refractivity contribution in [2.75, 3.05) is 6.61 Å². The molecule has 1 atom stereocenters. The minimum absolute atomic E-state index is 0. The maximum absolute atomic E-state index is 10.1. The average molecular weight is 328 g/mol. The van der Waals surface area contributed by atoms with Crippen LogP contribution in [0.4, 0.5) is 0 Å². The first-order valence-electron chi connectivity index (χ1n) is 8.50. The van der Waals surface area contributed by atoms with Crippen molar-refractivity contribution in [1.82, 2.24) is 0 Å². The van der Waals surface area contributed by atoms with Crippen LogP contribution in [0.1, 0.15) is 96.8 Å². The molecule has 0 radical (unpaired) electrons. The monoisotopic (exact) mass is 328 g/mol. The number of hydrogen-bond acceptors (Lipinski definition) is 3. The summed E-state index contributed by atoms with van der Waals surface area (Å²) in [4.78, 5) is 0. The molecule has 5 heteroatoms. The predicted molar refractivity (Wildman–Crippen MR) is 85.2 cm³/mol. The van der Waals surface area contributed by atoms with E-state index in [9.17, 15) is 8.76 Å². The van der Waals surface area contributed by atoms with Crippen LogP contribution in [0.15, 0.2) is 0 Å². The largest absolute Gasteiger partial charge is 1.00 e. The SMILES string of the molecule is CCCCCCCCCCCCCCCCOS(=O)[O-].[Na+]. The van der Waals surface area contributed by atoms with Gasteiger partial charge in [0.15, 0.2) is 0 Å². The zero-order chi connectivity index (χ0) is 14.9. The Bertz CT molecular complexity index is 216. The van der Waals surface area contributed by atoms with Crippen molar-refractivity contribution in [3.05, 3.63) is 0 Å². The minimum atomic E-state index is -2.33. The van der Waals surface area contributed by atoms with E-state index in [0.29, 0.717) is 6.61 Å². The molecule has 0 aromatic heterocycles. The van der Waals surface area contributed by atoms with Crippen LogP contribution in [0.3, 0.4) is 0 Å². The van der Waals surface area contributed by atoms with Gasteiger partial charge in [-0.3, -0.25) is 0 Å². The van der Waals surface area contributed by atoms with E-state index in [1.54, 1.807) is 0 Å².